The van der Waals surface area contributed by atoms with Gasteiger partial charge in [0.2, 0.25) is 0 Å². The Morgan fingerprint density at radius 2 is 1.89 bits per heavy atom. The number of carbonyl (C=O) groups is 2. The number of aromatic nitrogens is 1. The summed E-state index contributed by atoms with van der Waals surface area (Å²) in [5, 5.41) is 2.90. The molecule has 0 aliphatic heterocycles. The molecule has 5 aromatic rings. The first kappa shape index (κ1) is 25.2. The molecule has 0 radical (unpaired) electrons. The topological polar surface area (TPSA) is 121 Å². The first-order chi connectivity index (χ1) is 18.2. The van der Waals surface area contributed by atoms with Gasteiger partial charge in [-0.2, -0.15) is 0 Å². The van der Waals surface area contributed by atoms with Crippen LogP contribution >= 0.6 is 11.3 Å². The summed E-state index contributed by atoms with van der Waals surface area (Å²) in [5.41, 5.74) is 7.43. The predicted octanol–water partition coefficient (Wildman–Crippen LogP) is 6.63. The minimum Gasteiger partial charge on any atom is -0.486 e. The number of fused-ring (bicyclic) bond motifs is 1. The third-order valence-corrected chi connectivity index (χ3v) is 6.71. The minimum absolute atomic E-state index is 0.0339. The molecular weight excluding hydrogens is 516 g/mol. The highest BCUT2D eigenvalue weighted by molar-refractivity contribution is 7.21. The molecule has 11 heteroatoms. The zero-order valence-electron chi connectivity index (χ0n) is 20.2. The molecule has 3 N–H and O–H groups in total. The van der Waals surface area contributed by atoms with Gasteiger partial charge in [-0.3, -0.25) is 9.59 Å². The summed E-state index contributed by atoms with van der Waals surface area (Å²) in [6, 6.07) is 13.2. The van der Waals surface area contributed by atoms with E-state index < -0.39 is 23.9 Å². The second-order valence-corrected chi connectivity index (χ2v) is 9.55. The van der Waals surface area contributed by atoms with Crippen molar-refractivity contribution in [2.45, 2.75) is 26.9 Å². The number of hydrogen-bond donors (Lipinski definition) is 2. The number of carbonyl (C=O) groups excluding carboxylic acids is 2. The summed E-state index contributed by atoms with van der Waals surface area (Å²) in [5.74, 6) is -0.244. The number of ether oxygens (including phenoxy) is 1. The average molecular weight is 538 g/mol. The Balaban J connectivity index is 1.46. The van der Waals surface area contributed by atoms with Gasteiger partial charge in [0.05, 0.1) is 12.0 Å². The van der Waals surface area contributed by atoms with E-state index in [4.69, 9.17) is 19.3 Å². The van der Waals surface area contributed by atoms with Crippen molar-refractivity contribution in [3.05, 3.63) is 88.0 Å². The standard InChI is InChI=1S/C27H21F2N3O5S/c1-13-8-14(2)10-16(9-13)36-12-15-5-6-20(37-15)26(34)32-22-21-17(19-4-3-7-35-19)11-18(24(28)29)31-27(21)38-23(22)25(30)33/h3-11,24H,12H2,1-2H3,(H2,30,33)(H,32,34). The third kappa shape index (κ3) is 5.00. The fraction of sp³-hybridized carbons (Fsp3) is 0.148. The van der Waals surface area contributed by atoms with Crippen LogP contribution in [0.5, 0.6) is 5.75 Å². The largest absolute Gasteiger partial charge is 0.486 e. The molecule has 0 bridgehead atoms. The number of benzene rings is 1. The van der Waals surface area contributed by atoms with Gasteiger partial charge in [-0.05, 0) is 67.4 Å². The van der Waals surface area contributed by atoms with Crippen LogP contribution < -0.4 is 15.8 Å². The quantitative estimate of drug-likeness (QED) is 0.229. The molecule has 4 aromatic heterocycles. The van der Waals surface area contributed by atoms with Crippen molar-refractivity contribution >= 4 is 39.1 Å². The van der Waals surface area contributed by atoms with Crippen LogP contribution in [-0.4, -0.2) is 16.8 Å². The van der Waals surface area contributed by atoms with Gasteiger partial charge in [0.25, 0.3) is 18.2 Å². The van der Waals surface area contributed by atoms with E-state index in [0.29, 0.717) is 11.5 Å². The monoisotopic (exact) mass is 537 g/mol. The van der Waals surface area contributed by atoms with Crippen LogP contribution in [0, 0.1) is 13.8 Å². The van der Waals surface area contributed by atoms with Crippen LogP contribution in [0.25, 0.3) is 21.5 Å². The van der Waals surface area contributed by atoms with Crippen molar-refractivity contribution in [2.75, 3.05) is 5.32 Å². The lowest BCUT2D eigenvalue weighted by Crippen LogP contribution is -2.16. The molecule has 4 heterocycles. The van der Waals surface area contributed by atoms with Gasteiger partial charge >= 0.3 is 0 Å². The maximum atomic E-state index is 13.6. The third-order valence-electron chi connectivity index (χ3n) is 5.62. The van der Waals surface area contributed by atoms with Crippen LogP contribution in [0.4, 0.5) is 14.5 Å². The Bertz CT molecular complexity index is 1640. The number of primary amides is 1. The highest BCUT2D eigenvalue weighted by Crippen LogP contribution is 2.42. The van der Waals surface area contributed by atoms with Crippen molar-refractivity contribution < 1.29 is 31.9 Å². The molecule has 0 saturated carbocycles. The second kappa shape index (κ2) is 10.1. The van der Waals surface area contributed by atoms with E-state index in [9.17, 15) is 18.4 Å². The van der Waals surface area contributed by atoms with Gasteiger partial charge in [0.1, 0.15) is 39.3 Å². The lowest BCUT2D eigenvalue weighted by atomic mass is 10.1. The van der Waals surface area contributed by atoms with Crippen LogP contribution in [0.3, 0.4) is 0 Å². The lowest BCUT2D eigenvalue weighted by Gasteiger charge is -2.09. The molecule has 0 atom stereocenters. The molecule has 5 rings (SSSR count). The highest BCUT2D eigenvalue weighted by atomic mass is 32.1. The Kier molecular flexibility index (Phi) is 6.68. The number of nitrogens with one attached hydrogen (secondary N) is 1. The predicted molar refractivity (Wildman–Crippen MR) is 138 cm³/mol. The Morgan fingerprint density at radius 3 is 2.55 bits per heavy atom. The SMILES string of the molecule is Cc1cc(C)cc(OCc2ccc(C(=O)Nc3c(C(N)=O)sc4nc(C(F)F)cc(-c5ccco5)c34)o2)c1. The molecule has 0 spiro atoms. The van der Waals surface area contributed by atoms with Crippen molar-refractivity contribution in [1.29, 1.82) is 0 Å². The molecule has 8 nitrogen and oxygen atoms in total. The number of rotatable bonds is 8. The number of hydrogen-bond acceptors (Lipinski definition) is 7. The van der Waals surface area contributed by atoms with Crippen molar-refractivity contribution in [2.24, 2.45) is 5.73 Å². The van der Waals surface area contributed by atoms with Gasteiger partial charge in [-0.15, -0.1) is 11.3 Å². The molecule has 0 saturated heterocycles. The summed E-state index contributed by atoms with van der Waals surface area (Å²) in [6.07, 6.45) is -1.48. The smallest absolute Gasteiger partial charge is 0.291 e. The zero-order chi connectivity index (χ0) is 27.0. The van der Waals surface area contributed by atoms with Crippen molar-refractivity contribution in [3.8, 4) is 17.1 Å². The molecule has 0 unspecified atom stereocenters. The maximum Gasteiger partial charge on any atom is 0.291 e. The number of nitrogens with two attached hydrogens (primary N) is 1. The number of pyridine rings is 1. The summed E-state index contributed by atoms with van der Waals surface area (Å²) in [6.45, 7) is 4.02. The van der Waals surface area contributed by atoms with Crippen molar-refractivity contribution in [1.82, 2.24) is 4.98 Å². The van der Waals surface area contributed by atoms with Crippen LogP contribution in [0.2, 0.25) is 0 Å². The molecule has 0 aliphatic carbocycles. The van der Waals surface area contributed by atoms with E-state index in [0.717, 1.165) is 28.5 Å². The zero-order valence-corrected chi connectivity index (χ0v) is 21.0. The van der Waals surface area contributed by atoms with Crippen molar-refractivity contribution in [3.63, 3.8) is 0 Å². The fourth-order valence-corrected chi connectivity index (χ4v) is 5.09. The maximum absolute atomic E-state index is 13.6. The number of aryl methyl sites for hydroxylation is 2. The average Bonchev–Trinajstić information content (AvgIpc) is 3.62. The van der Waals surface area contributed by atoms with Crippen LogP contribution in [-0.2, 0) is 6.61 Å². The molecule has 194 valence electrons. The molecule has 0 fully saturated rings. The molecule has 38 heavy (non-hydrogen) atoms. The second-order valence-electron chi connectivity index (χ2n) is 8.56. The van der Waals surface area contributed by atoms with E-state index in [1.807, 2.05) is 32.0 Å². The van der Waals surface area contributed by atoms with Crippen LogP contribution in [0.15, 0.2) is 63.6 Å². The number of halogens is 2. The minimum atomic E-state index is -2.86. The number of nitrogens with zero attached hydrogens (tertiary/aromatic N) is 1. The lowest BCUT2D eigenvalue weighted by molar-refractivity contribution is 0.0992. The fourth-order valence-electron chi connectivity index (χ4n) is 4.07. The van der Waals surface area contributed by atoms with Gasteiger partial charge in [-0.25, -0.2) is 13.8 Å². The first-order valence-electron chi connectivity index (χ1n) is 11.4. The Hall–Kier alpha value is -4.51. The Morgan fingerprint density at radius 1 is 1.13 bits per heavy atom. The van der Waals surface area contributed by atoms with Crippen LogP contribution in [0.1, 0.15) is 49.2 Å². The molecule has 1 aromatic carbocycles. The van der Waals surface area contributed by atoms with Gasteiger partial charge in [0, 0.05) is 10.9 Å². The van der Waals surface area contributed by atoms with E-state index in [-0.39, 0.29) is 44.5 Å². The van der Waals surface area contributed by atoms with E-state index in [1.54, 1.807) is 18.2 Å². The number of furan rings is 2. The molecular formula is C27H21F2N3O5S. The highest BCUT2D eigenvalue weighted by Gasteiger charge is 2.26. The van der Waals surface area contributed by atoms with Gasteiger partial charge in [0.15, 0.2) is 5.76 Å². The first-order valence-corrected chi connectivity index (χ1v) is 12.2. The normalized spacial score (nSPS) is 11.3. The number of anilines is 1. The summed E-state index contributed by atoms with van der Waals surface area (Å²) < 4.78 is 44.0. The van der Waals surface area contributed by atoms with Gasteiger partial charge < -0.3 is 24.6 Å². The molecule has 0 aliphatic rings. The summed E-state index contributed by atoms with van der Waals surface area (Å²) in [4.78, 5) is 29.4. The summed E-state index contributed by atoms with van der Waals surface area (Å²) in [7, 11) is 0. The number of alkyl halides is 2. The Labute approximate surface area is 219 Å². The van der Waals surface area contributed by atoms with Gasteiger partial charge in [-0.1, -0.05) is 6.07 Å². The van der Waals surface area contributed by atoms with E-state index >= 15 is 0 Å². The number of amides is 2. The van der Waals surface area contributed by atoms with E-state index in [2.05, 4.69) is 10.3 Å². The summed E-state index contributed by atoms with van der Waals surface area (Å²) >= 11 is 0.799. The molecule has 2 amide bonds. The van der Waals surface area contributed by atoms with E-state index in [1.165, 1.54) is 12.3 Å². The number of thiophene rings is 1.